The summed E-state index contributed by atoms with van der Waals surface area (Å²) in [6.07, 6.45) is 1.82. The molecule has 0 fully saturated rings. The van der Waals surface area contributed by atoms with Crippen molar-refractivity contribution in [2.24, 2.45) is 5.92 Å². The van der Waals surface area contributed by atoms with Gasteiger partial charge in [0.2, 0.25) is 0 Å². The van der Waals surface area contributed by atoms with E-state index < -0.39 is 5.82 Å². The number of amides is 1. The summed E-state index contributed by atoms with van der Waals surface area (Å²) in [5.41, 5.74) is 6.03. The second-order valence-electron chi connectivity index (χ2n) is 5.56. The van der Waals surface area contributed by atoms with E-state index in [0.29, 0.717) is 18.0 Å². The molecule has 0 bridgehead atoms. The zero-order valence-corrected chi connectivity index (χ0v) is 12.8. The fourth-order valence-electron chi connectivity index (χ4n) is 2.36. The minimum atomic E-state index is -0.487. The van der Waals surface area contributed by atoms with Crippen molar-refractivity contribution < 1.29 is 9.18 Å². The Bertz CT molecular complexity index is 456. The van der Waals surface area contributed by atoms with Gasteiger partial charge in [0.05, 0.1) is 5.69 Å². The van der Waals surface area contributed by atoms with Gasteiger partial charge < -0.3 is 10.6 Å². The lowest BCUT2D eigenvalue weighted by Gasteiger charge is -2.32. The highest BCUT2D eigenvalue weighted by atomic mass is 19.1. The predicted octanol–water partition coefficient (Wildman–Crippen LogP) is 3.69. The van der Waals surface area contributed by atoms with Crippen LogP contribution in [0.15, 0.2) is 18.2 Å². The van der Waals surface area contributed by atoms with Crippen molar-refractivity contribution in [1.29, 1.82) is 0 Å². The van der Waals surface area contributed by atoms with Crippen LogP contribution in [0.4, 0.5) is 10.1 Å². The predicted molar refractivity (Wildman–Crippen MR) is 81.1 cm³/mol. The number of nitrogen functional groups attached to an aromatic ring is 1. The number of rotatable bonds is 6. The Kier molecular flexibility index (Phi) is 5.99. The van der Waals surface area contributed by atoms with Crippen molar-refractivity contribution in [2.45, 2.75) is 46.6 Å². The minimum Gasteiger partial charge on any atom is -0.396 e. The zero-order chi connectivity index (χ0) is 15.3. The Labute approximate surface area is 121 Å². The van der Waals surface area contributed by atoms with Crippen LogP contribution >= 0.6 is 0 Å². The number of hydrogen-bond donors (Lipinski definition) is 1. The monoisotopic (exact) mass is 280 g/mol. The highest BCUT2D eigenvalue weighted by molar-refractivity contribution is 5.95. The Morgan fingerprint density at radius 3 is 2.35 bits per heavy atom. The van der Waals surface area contributed by atoms with Crippen molar-refractivity contribution in [3.8, 4) is 0 Å². The summed E-state index contributed by atoms with van der Waals surface area (Å²) >= 11 is 0. The first-order chi connectivity index (χ1) is 9.40. The molecule has 0 aliphatic rings. The van der Waals surface area contributed by atoms with Gasteiger partial charge in [-0.15, -0.1) is 0 Å². The molecule has 0 aromatic heterocycles. The van der Waals surface area contributed by atoms with Crippen LogP contribution in [-0.4, -0.2) is 23.4 Å². The van der Waals surface area contributed by atoms with Gasteiger partial charge in [-0.05, 0) is 37.0 Å². The first-order valence-corrected chi connectivity index (χ1v) is 7.26. The molecule has 1 amide bonds. The van der Waals surface area contributed by atoms with Crippen LogP contribution in [0.5, 0.6) is 0 Å². The van der Waals surface area contributed by atoms with E-state index in [2.05, 4.69) is 27.7 Å². The molecule has 4 heteroatoms. The van der Waals surface area contributed by atoms with E-state index in [9.17, 15) is 9.18 Å². The number of nitrogens with two attached hydrogens (primary N) is 1. The number of anilines is 1. The van der Waals surface area contributed by atoms with Crippen molar-refractivity contribution >= 4 is 11.6 Å². The molecule has 3 nitrogen and oxygen atoms in total. The normalized spacial score (nSPS) is 11.2. The summed E-state index contributed by atoms with van der Waals surface area (Å²) in [6, 6.07) is 4.39. The summed E-state index contributed by atoms with van der Waals surface area (Å²) in [7, 11) is 0. The molecule has 0 radical (unpaired) electrons. The van der Waals surface area contributed by atoms with Crippen LogP contribution in [0.1, 0.15) is 50.9 Å². The van der Waals surface area contributed by atoms with Crippen LogP contribution in [0, 0.1) is 11.7 Å². The molecule has 0 aliphatic heterocycles. The van der Waals surface area contributed by atoms with Crippen molar-refractivity contribution in [3.63, 3.8) is 0 Å². The number of nitrogens with zero attached hydrogens (tertiary/aromatic N) is 1. The van der Waals surface area contributed by atoms with Crippen LogP contribution in [0.25, 0.3) is 0 Å². The molecule has 0 spiro atoms. The molecule has 112 valence electrons. The molecule has 20 heavy (non-hydrogen) atoms. The van der Waals surface area contributed by atoms with Crippen molar-refractivity contribution in [2.75, 3.05) is 12.3 Å². The molecule has 0 saturated carbocycles. The van der Waals surface area contributed by atoms with Gasteiger partial charge in [0.15, 0.2) is 0 Å². The maximum atomic E-state index is 13.2. The summed E-state index contributed by atoms with van der Waals surface area (Å²) in [5, 5.41) is 0. The van der Waals surface area contributed by atoms with E-state index in [-0.39, 0.29) is 17.6 Å². The summed E-state index contributed by atoms with van der Waals surface area (Å²) in [5.74, 6) is -0.170. The molecule has 0 aliphatic carbocycles. The lowest BCUT2D eigenvalue weighted by Crippen LogP contribution is -2.42. The summed E-state index contributed by atoms with van der Waals surface area (Å²) < 4.78 is 13.2. The summed E-state index contributed by atoms with van der Waals surface area (Å²) in [6.45, 7) is 9.02. The Hall–Kier alpha value is -1.58. The first kappa shape index (κ1) is 16.5. The molecule has 0 unspecified atom stereocenters. The minimum absolute atomic E-state index is 0.0184. The molecule has 0 heterocycles. The van der Waals surface area contributed by atoms with Gasteiger partial charge in [-0.3, -0.25) is 4.79 Å². The number of halogens is 1. The van der Waals surface area contributed by atoms with Crippen molar-refractivity contribution in [3.05, 3.63) is 29.6 Å². The Morgan fingerprint density at radius 2 is 1.90 bits per heavy atom. The SMILES string of the molecule is CCC(CC)N(CC(C)C)C(=O)c1ccc(F)c(N)c1. The van der Waals surface area contributed by atoms with Crippen LogP contribution in [-0.2, 0) is 0 Å². The van der Waals surface area contributed by atoms with Gasteiger partial charge in [-0.2, -0.15) is 0 Å². The average Bonchev–Trinajstić information content (AvgIpc) is 2.41. The van der Waals surface area contributed by atoms with Crippen molar-refractivity contribution in [1.82, 2.24) is 4.90 Å². The third kappa shape index (κ3) is 3.95. The number of benzene rings is 1. The topological polar surface area (TPSA) is 46.3 Å². The smallest absolute Gasteiger partial charge is 0.254 e. The molecule has 1 aromatic carbocycles. The van der Waals surface area contributed by atoms with E-state index >= 15 is 0 Å². The van der Waals surface area contributed by atoms with Gasteiger partial charge in [-0.1, -0.05) is 27.7 Å². The zero-order valence-electron chi connectivity index (χ0n) is 12.8. The van der Waals surface area contributed by atoms with Crippen LogP contribution in [0.2, 0.25) is 0 Å². The van der Waals surface area contributed by atoms with Crippen LogP contribution in [0.3, 0.4) is 0 Å². The second kappa shape index (κ2) is 7.27. The number of carbonyl (C=O) groups is 1. The maximum absolute atomic E-state index is 13.2. The van der Waals surface area contributed by atoms with Gasteiger partial charge in [0.25, 0.3) is 5.91 Å². The number of hydrogen-bond acceptors (Lipinski definition) is 2. The molecule has 1 aromatic rings. The average molecular weight is 280 g/mol. The van der Waals surface area contributed by atoms with E-state index in [1.54, 1.807) is 0 Å². The van der Waals surface area contributed by atoms with E-state index in [1.165, 1.54) is 18.2 Å². The van der Waals surface area contributed by atoms with Gasteiger partial charge in [-0.25, -0.2) is 4.39 Å². The molecule has 0 atom stereocenters. The van der Waals surface area contributed by atoms with Crippen LogP contribution < -0.4 is 5.73 Å². The fourth-order valence-corrected chi connectivity index (χ4v) is 2.36. The lowest BCUT2D eigenvalue weighted by atomic mass is 10.0. The van der Waals surface area contributed by atoms with E-state index in [1.807, 2.05) is 4.90 Å². The standard InChI is InChI=1S/C16H25FN2O/c1-5-13(6-2)19(10-11(3)4)16(20)12-7-8-14(17)15(18)9-12/h7-9,11,13H,5-6,10,18H2,1-4H3. The molecular formula is C16H25FN2O. The first-order valence-electron chi connectivity index (χ1n) is 7.26. The van der Waals surface area contributed by atoms with E-state index in [4.69, 9.17) is 5.73 Å². The van der Waals surface area contributed by atoms with Gasteiger partial charge >= 0.3 is 0 Å². The highest BCUT2D eigenvalue weighted by Gasteiger charge is 2.23. The van der Waals surface area contributed by atoms with Gasteiger partial charge in [0, 0.05) is 18.2 Å². The molecule has 1 rings (SSSR count). The molecular weight excluding hydrogens is 255 g/mol. The Morgan fingerprint density at radius 1 is 1.30 bits per heavy atom. The third-order valence-electron chi connectivity index (χ3n) is 3.45. The quantitative estimate of drug-likeness (QED) is 0.808. The van der Waals surface area contributed by atoms with Gasteiger partial charge in [0.1, 0.15) is 5.82 Å². The Balaban J connectivity index is 3.05. The highest BCUT2D eigenvalue weighted by Crippen LogP contribution is 2.19. The lowest BCUT2D eigenvalue weighted by molar-refractivity contribution is 0.0640. The third-order valence-corrected chi connectivity index (χ3v) is 3.45. The largest absolute Gasteiger partial charge is 0.396 e. The number of carbonyl (C=O) groups excluding carboxylic acids is 1. The summed E-state index contributed by atoms with van der Waals surface area (Å²) in [4.78, 5) is 14.5. The second-order valence-corrected chi connectivity index (χ2v) is 5.56. The molecule has 0 saturated heterocycles. The maximum Gasteiger partial charge on any atom is 0.254 e. The fraction of sp³-hybridized carbons (Fsp3) is 0.562. The molecule has 2 N–H and O–H groups in total. The van der Waals surface area contributed by atoms with E-state index in [0.717, 1.165) is 12.8 Å².